The smallest absolute Gasteiger partial charge is 0.135 e. The molecule has 4 heteroatoms. The summed E-state index contributed by atoms with van der Waals surface area (Å²) in [4.78, 5) is 2.37. The number of halogens is 1. The van der Waals surface area contributed by atoms with E-state index < -0.39 is 0 Å². The highest BCUT2D eigenvalue weighted by molar-refractivity contribution is 7.80. The predicted molar refractivity (Wildman–Crippen MR) is 86.7 cm³/mol. The van der Waals surface area contributed by atoms with Gasteiger partial charge in [0.1, 0.15) is 10.8 Å². The van der Waals surface area contributed by atoms with Crippen LogP contribution in [-0.2, 0) is 0 Å². The summed E-state index contributed by atoms with van der Waals surface area (Å²) in [6, 6.07) is 5.16. The Bertz CT molecular complexity index is 487. The van der Waals surface area contributed by atoms with Gasteiger partial charge in [0.15, 0.2) is 0 Å². The van der Waals surface area contributed by atoms with Gasteiger partial charge in [0.2, 0.25) is 0 Å². The van der Waals surface area contributed by atoms with Gasteiger partial charge in [-0.15, -0.1) is 0 Å². The van der Waals surface area contributed by atoms with E-state index in [1.807, 2.05) is 6.07 Å². The molecule has 0 radical (unpaired) electrons. The fourth-order valence-electron chi connectivity index (χ4n) is 3.10. The molecule has 1 heterocycles. The maximum absolute atomic E-state index is 13.9. The number of anilines is 1. The molecule has 0 unspecified atom stereocenters. The van der Waals surface area contributed by atoms with Gasteiger partial charge in [0.25, 0.3) is 0 Å². The van der Waals surface area contributed by atoms with Crippen LogP contribution in [0.5, 0.6) is 0 Å². The molecule has 0 aliphatic carbocycles. The highest BCUT2D eigenvalue weighted by Gasteiger charge is 2.31. The average molecular weight is 294 g/mol. The number of benzene rings is 1. The molecule has 1 aliphatic rings. The van der Waals surface area contributed by atoms with E-state index in [4.69, 9.17) is 18.0 Å². The molecule has 1 aromatic carbocycles. The second kappa shape index (κ2) is 6.08. The summed E-state index contributed by atoms with van der Waals surface area (Å²) < 4.78 is 13.9. The van der Waals surface area contributed by atoms with Crippen molar-refractivity contribution in [1.29, 1.82) is 0 Å². The topological polar surface area (TPSA) is 29.3 Å². The molecule has 2 nitrogen and oxygen atoms in total. The summed E-state index contributed by atoms with van der Waals surface area (Å²) in [5.41, 5.74) is 7.24. The molecule has 0 bridgehead atoms. The van der Waals surface area contributed by atoms with Crippen molar-refractivity contribution < 1.29 is 4.39 Å². The van der Waals surface area contributed by atoms with Gasteiger partial charge in [0, 0.05) is 24.3 Å². The third-order valence-electron chi connectivity index (χ3n) is 4.91. The molecule has 110 valence electrons. The fourth-order valence-corrected chi connectivity index (χ4v) is 3.26. The molecule has 0 atom stereocenters. The number of rotatable bonds is 4. The maximum Gasteiger partial charge on any atom is 0.135 e. The van der Waals surface area contributed by atoms with E-state index >= 15 is 0 Å². The van der Waals surface area contributed by atoms with Crippen molar-refractivity contribution in [2.45, 2.75) is 39.5 Å². The lowest BCUT2D eigenvalue weighted by Crippen LogP contribution is -2.39. The zero-order valence-electron chi connectivity index (χ0n) is 12.3. The van der Waals surface area contributed by atoms with Gasteiger partial charge in [-0.2, -0.15) is 0 Å². The highest BCUT2D eigenvalue weighted by Crippen LogP contribution is 2.39. The highest BCUT2D eigenvalue weighted by atomic mass is 32.1. The number of piperidine rings is 1. The lowest BCUT2D eigenvalue weighted by atomic mass is 9.74. The Hall–Kier alpha value is -1.16. The van der Waals surface area contributed by atoms with E-state index in [0.29, 0.717) is 11.0 Å². The molecule has 0 aromatic heterocycles. The quantitative estimate of drug-likeness (QED) is 0.855. The van der Waals surface area contributed by atoms with Crippen LogP contribution in [0.3, 0.4) is 0 Å². The van der Waals surface area contributed by atoms with Crippen molar-refractivity contribution in [2.24, 2.45) is 11.1 Å². The largest absolute Gasteiger partial charge is 0.389 e. The van der Waals surface area contributed by atoms with Crippen molar-refractivity contribution in [3.63, 3.8) is 0 Å². The van der Waals surface area contributed by atoms with Gasteiger partial charge in [-0.1, -0.05) is 38.9 Å². The van der Waals surface area contributed by atoms with Crippen molar-refractivity contribution in [2.75, 3.05) is 18.0 Å². The molecule has 20 heavy (non-hydrogen) atoms. The Morgan fingerprint density at radius 1 is 1.30 bits per heavy atom. The minimum Gasteiger partial charge on any atom is -0.389 e. The SMILES string of the molecule is CCC1(CC)CCN(c2ccc(C(N)=S)c(F)c2)CC1. The molecule has 0 amide bonds. The Labute approximate surface area is 126 Å². The minimum atomic E-state index is -0.321. The first-order valence-electron chi connectivity index (χ1n) is 7.35. The Balaban J connectivity index is 2.11. The molecule has 1 fully saturated rings. The molecular weight excluding hydrogens is 271 g/mol. The molecular formula is C16H23FN2S. The van der Waals surface area contributed by atoms with Crippen LogP contribution in [0.2, 0.25) is 0 Å². The Kier molecular flexibility index (Phi) is 4.63. The molecule has 1 saturated heterocycles. The van der Waals surface area contributed by atoms with E-state index in [0.717, 1.165) is 18.8 Å². The second-order valence-electron chi connectivity index (χ2n) is 5.72. The van der Waals surface area contributed by atoms with Gasteiger partial charge in [-0.25, -0.2) is 4.39 Å². The van der Waals surface area contributed by atoms with Crippen LogP contribution >= 0.6 is 12.2 Å². The molecule has 2 N–H and O–H groups in total. The van der Waals surface area contributed by atoms with Crippen LogP contribution in [0.1, 0.15) is 45.1 Å². The first kappa shape index (κ1) is 15.2. The standard InChI is InChI=1S/C16H23FN2S/c1-3-16(4-2)7-9-19(10-8-16)12-5-6-13(15(18)20)14(17)11-12/h5-6,11H,3-4,7-10H2,1-2H3,(H2,18,20). The van der Waals surface area contributed by atoms with Crippen molar-refractivity contribution in [1.82, 2.24) is 0 Å². The Morgan fingerprint density at radius 3 is 2.35 bits per heavy atom. The van der Waals surface area contributed by atoms with Crippen LogP contribution in [0.15, 0.2) is 18.2 Å². The summed E-state index contributed by atoms with van der Waals surface area (Å²) in [6.07, 6.45) is 4.81. The van der Waals surface area contributed by atoms with Crippen LogP contribution < -0.4 is 10.6 Å². The summed E-state index contributed by atoms with van der Waals surface area (Å²) in [5.74, 6) is -0.321. The summed E-state index contributed by atoms with van der Waals surface area (Å²) >= 11 is 4.83. The molecule has 1 aliphatic heterocycles. The number of hydrogen-bond donors (Lipinski definition) is 1. The van der Waals surface area contributed by atoms with Crippen LogP contribution in [0.25, 0.3) is 0 Å². The van der Waals surface area contributed by atoms with Gasteiger partial charge < -0.3 is 10.6 Å². The summed E-state index contributed by atoms with van der Waals surface area (Å²) in [6.45, 7) is 6.53. The molecule has 1 aromatic rings. The Morgan fingerprint density at radius 2 is 1.90 bits per heavy atom. The third-order valence-corrected chi connectivity index (χ3v) is 5.13. The van der Waals surface area contributed by atoms with Gasteiger partial charge in [-0.05, 0) is 36.5 Å². The normalized spacial score (nSPS) is 18.1. The van der Waals surface area contributed by atoms with E-state index in [9.17, 15) is 4.39 Å². The predicted octanol–water partition coefficient (Wildman–Crippen LogP) is 3.87. The van der Waals surface area contributed by atoms with Crippen molar-refractivity contribution in [3.05, 3.63) is 29.6 Å². The minimum absolute atomic E-state index is 0.115. The van der Waals surface area contributed by atoms with Crippen LogP contribution in [0, 0.1) is 11.2 Å². The van der Waals surface area contributed by atoms with E-state index in [-0.39, 0.29) is 10.8 Å². The summed E-state index contributed by atoms with van der Waals surface area (Å²) in [5, 5.41) is 0. The fraction of sp³-hybridized carbons (Fsp3) is 0.562. The second-order valence-corrected chi connectivity index (χ2v) is 6.16. The number of nitrogens with two attached hydrogens (primary N) is 1. The molecule has 0 spiro atoms. The number of nitrogens with zero attached hydrogens (tertiary/aromatic N) is 1. The van der Waals surface area contributed by atoms with Gasteiger partial charge >= 0.3 is 0 Å². The summed E-state index contributed by atoms with van der Waals surface area (Å²) in [7, 11) is 0. The first-order chi connectivity index (χ1) is 9.51. The lowest BCUT2D eigenvalue weighted by Gasteiger charge is -2.42. The van der Waals surface area contributed by atoms with Crippen LogP contribution in [0.4, 0.5) is 10.1 Å². The van der Waals surface area contributed by atoms with Gasteiger partial charge in [-0.3, -0.25) is 0 Å². The van der Waals surface area contributed by atoms with E-state index in [1.165, 1.54) is 25.7 Å². The van der Waals surface area contributed by atoms with Crippen LogP contribution in [-0.4, -0.2) is 18.1 Å². The van der Waals surface area contributed by atoms with E-state index in [2.05, 4.69) is 18.7 Å². The number of hydrogen-bond acceptors (Lipinski definition) is 2. The van der Waals surface area contributed by atoms with Crippen molar-refractivity contribution in [3.8, 4) is 0 Å². The lowest BCUT2D eigenvalue weighted by molar-refractivity contribution is 0.199. The average Bonchev–Trinajstić information content (AvgIpc) is 2.47. The zero-order chi connectivity index (χ0) is 14.8. The first-order valence-corrected chi connectivity index (χ1v) is 7.76. The van der Waals surface area contributed by atoms with Crippen molar-refractivity contribution >= 4 is 22.9 Å². The maximum atomic E-state index is 13.9. The number of thiocarbonyl (C=S) groups is 1. The third kappa shape index (κ3) is 2.95. The molecule has 2 rings (SSSR count). The van der Waals surface area contributed by atoms with Gasteiger partial charge in [0.05, 0.1) is 0 Å². The van der Waals surface area contributed by atoms with E-state index in [1.54, 1.807) is 12.1 Å². The zero-order valence-corrected chi connectivity index (χ0v) is 13.1. The molecule has 0 saturated carbocycles. The monoisotopic (exact) mass is 294 g/mol.